The van der Waals surface area contributed by atoms with E-state index in [1.807, 2.05) is 0 Å². The molecule has 2 saturated carbocycles. The van der Waals surface area contributed by atoms with E-state index in [0.717, 1.165) is 25.7 Å². The van der Waals surface area contributed by atoms with Crippen molar-refractivity contribution in [3.8, 4) is 6.26 Å². The molecule has 1 aromatic heterocycles. The van der Waals surface area contributed by atoms with Gasteiger partial charge in [-0.05, 0) is 67.1 Å². The molecule has 4 unspecified atom stereocenters. The zero-order chi connectivity index (χ0) is 32.8. The first-order valence-corrected chi connectivity index (χ1v) is 15.1. The lowest BCUT2D eigenvalue weighted by Crippen LogP contribution is -2.46. The van der Waals surface area contributed by atoms with Crippen LogP contribution in [0, 0.1) is 40.1 Å². The summed E-state index contributed by atoms with van der Waals surface area (Å²) in [5.74, 6) is 0.00750. The highest BCUT2D eigenvalue weighted by molar-refractivity contribution is 5.87. The van der Waals surface area contributed by atoms with Crippen molar-refractivity contribution in [2.24, 2.45) is 26.7 Å². The van der Waals surface area contributed by atoms with Gasteiger partial charge >= 0.3 is 12.1 Å². The standard InChI is InChI=1S/C31H47N7O6/c1-20-23(8-9-43-27(42)34-17-30(6)11-21(35-19-39)10-28(2,3)14-30)24(40)37-25(36-20)38-26(41)33-16-31(7)13-22(44-18-32)12-29(4,5)15-31/h21-22H,8-17H2,1-7H3,(H,34,42)(H3,33,36,37,38,40,41). The topological polar surface area (TPSA) is 188 Å². The molecule has 1 aromatic rings. The van der Waals surface area contributed by atoms with E-state index in [9.17, 15) is 19.2 Å². The SMILES string of the molecule is Cc1[nH]c(NC(=O)NCC2(C)CC(OC#N)CC(C)(C)C2)nc(=O)c1CCOC(=O)NCC1(C)CC(N=C=O)CC(C)(C)C1. The molecule has 2 fully saturated rings. The maximum Gasteiger partial charge on any atom is 0.407 e. The second-order valence-corrected chi connectivity index (χ2v) is 14.9. The molecule has 0 aromatic carbocycles. The van der Waals surface area contributed by atoms with Gasteiger partial charge < -0.3 is 25.1 Å². The summed E-state index contributed by atoms with van der Waals surface area (Å²) in [6.07, 6.45) is 7.38. The normalized spacial score (nSPS) is 27.1. The molecule has 2 aliphatic carbocycles. The number of amides is 3. The number of hydrogen-bond donors (Lipinski definition) is 4. The summed E-state index contributed by atoms with van der Waals surface area (Å²) >= 11 is 0. The van der Waals surface area contributed by atoms with E-state index in [1.54, 1.807) is 19.3 Å². The molecular weight excluding hydrogens is 566 g/mol. The highest BCUT2D eigenvalue weighted by Crippen LogP contribution is 2.47. The molecule has 2 aliphatic rings. The number of aromatic nitrogens is 2. The van der Waals surface area contributed by atoms with E-state index >= 15 is 0 Å². The van der Waals surface area contributed by atoms with Crippen molar-refractivity contribution < 1.29 is 23.9 Å². The third-order valence-corrected chi connectivity index (χ3v) is 8.67. The van der Waals surface area contributed by atoms with Crippen LogP contribution in [0.1, 0.15) is 91.3 Å². The molecule has 0 spiro atoms. The number of aryl methyl sites for hydroxylation is 1. The Balaban J connectivity index is 1.48. The highest BCUT2D eigenvalue weighted by Gasteiger charge is 2.43. The minimum Gasteiger partial charge on any atom is -0.449 e. The number of nitrogens with zero attached hydrogens (tertiary/aromatic N) is 3. The van der Waals surface area contributed by atoms with Crippen LogP contribution < -0.4 is 21.5 Å². The quantitative estimate of drug-likeness (QED) is 0.169. The van der Waals surface area contributed by atoms with Gasteiger partial charge in [-0.3, -0.25) is 10.1 Å². The summed E-state index contributed by atoms with van der Waals surface area (Å²) in [7, 11) is 0. The molecular formula is C31H47N7O6. The van der Waals surface area contributed by atoms with Crippen molar-refractivity contribution in [2.75, 3.05) is 25.0 Å². The molecule has 13 nitrogen and oxygen atoms in total. The molecule has 4 N–H and O–H groups in total. The summed E-state index contributed by atoms with van der Waals surface area (Å²) in [6, 6.07) is -0.641. The van der Waals surface area contributed by atoms with E-state index in [4.69, 9.17) is 14.7 Å². The van der Waals surface area contributed by atoms with E-state index < -0.39 is 17.7 Å². The fourth-order valence-electron chi connectivity index (χ4n) is 7.70. The molecule has 13 heteroatoms. The van der Waals surface area contributed by atoms with Crippen LogP contribution >= 0.6 is 0 Å². The Hall–Kier alpha value is -3.91. The molecule has 3 amide bonds. The molecule has 0 aliphatic heterocycles. The van der Waals surface area contributed by atoms with Gasteiger partial charge in [0.05, 0.1) is 12.6 Å². The van der Waals surface area contributed by atoms with E-state index in [0.29, 0.717) is 37.2 Å². The Labute approximate surface area is 259 Å². The Morgan fingerprint density at radius 3 is 2.30 bits per heavy atom. The highest BCUT2D eigenvalue weighted by atomic mass is 16.5. The average Bonchev–Trinajstić information content (AvgIpc) is 2.86. The fourth-order valence-corrected chi connectivity index (χ4v) is 7.70. The molecule has 0 saturated heterocycles. The predicted molar refractivity (Wildman–Crippen MR) is 164 cm³/mol. The van der Waals surface area contributed by atoms with Gasteiger partial charge in [0.1, 0.15) is 6.10 Å². The lowest BCUT2D eigenvalue weighted by molar-refractivity contribution is -0.00938. The van der Waals surface area contributed by atoms with Gasteiger partial charge in [-0.2, -0.15) is 10.2 Å². The monoisotopic (exact) mass is 613 g/mol. The fraction of sp³-hybridized carbons (Fsp3) is 0.742. The van der Waals surface area contributed by atoms with Crippen molar-refractivity contribution in [3.63, 3.8) is 0 Å². The maximum atomic E-state index is 12.7. The van der Waals surface area contributed by atoms with Gasteiger partial charge in [-0.25, -0.2) is 19.4 Å². The van der Waals surface area contributed by atoms with Gasteiger partial charge in [0.15, 0.2) is 0 Å². The first-order valence-electron chi connectivity index (χ1n) is 15.1. The van der Waals surface area contributed by atoms with Crippen LogP contribution in [0.15, 0.2) is 9.79 Å². The number of nitriles is 1. The van der Waals surface area contributed by atoms with Gasteiger partial charge in [0.2, 0.25) is 12.0 Å². The molecule has 0 bridgehead atoms. The minimum absolute atomic E-state index is 0.00750. The van der Waals surface area contributed by atoms with Gasteiger partial charge in [0.25, 0.3) is 11.8 Å². The Kier molecular flexibility index (Phi) is 10.9. The molecule has 44 heavy (non-hydrogen) atoms. The number of aromatic amines is 1. The number of alkyl carbamates (subject to hydrolysis) is 1. The van der Waals surface area contributed by atoms with Crippen LogP contribution in [0.4, 0.5) is 15.5 Å². The number of aliphatic imine (C=N–C) groups is 1. The first kappa shape index (κ1) is 34.6. The van der Waals surface area contributed by atoms with Crippen molar-refractivity contribution in [1.29, 1.82) is 5.26 Å². The van der Waals surface area contributed by atoms with Crippen LogP contribution in [-0.4, -0.2) is 60.0 Å². The second kappa shape index (κ2) is 13.8. The number of rotatable bonds is 10. The summed E-state index contributed by atoms with van der Waals surface area (Å²) in [5.41, 5.74) is -0.280. The maximum absolute atomic E-state index is 12.7. The van der Waals surface area contributed by atoms with Crippen LogP contribution in [-0.2, 0) is 20.7 Å². The van der Waals surface area contributed by atoms with Crippen LogP contribution in [0.25, 0.3) is 0 Å². The summed E-state index contributed by atoms with van der Waals surface area (Å²) in [6.45, 7) is 15.0. The number of nitrogens with one attached hydrogen (secondary N) is 4. The van der Waals surface area contributed by atoms with Gasteiger partial charge in [0, 0.05) is 30.8 Å². The lowest BCUT2D eigenvalue weighted by atomic mass is 9.63. The Morgan fingerprint density at radius 1 is 1.02 bits per heavy atom. The molecule has 4 atom stereocenters. The van der Waals surface area contributed by atoms with Crippen molar-refractivity contribution in [3.05, 3.63) is 21.6 Å². The van der Waals surface area contributed by atoms with Crippen molar-refractivity contribution >= 4 is 24.2 Å². The number of anilines is 1. The molecule has 242 valence electrons. The second-order valence-electron chi connectivity index (χ2n) is 14.9. The number of urea groups is 1. The predicted octanol–water partition coefficient (Wildman–Crippen LogP) is 4.47. The minimum atomic E-state index is -0.595. The number of carbonyl (C=O) groups is 2. The van der Waals surface area contributed by atoms with Crippen LogP contribution in [0.5, 0.6) is 0 Å². The summed E-state index contributed by atoms with van der Waals surface area (Å²) in [5, 5.41) is 17.2. The zero-order valence-corrected chi connectivity index (χ0v) is 27.0. The van der Waals surface area contributed by atoms with E-state index in [-0.39, 0.29) is 52.8 Å². The number of hydrogen-bond acceptors (Lipinski definition) is 9. The number of carbonyl (C=O) groups excluding carboxylic acids is 3. The van der Waals surface area contributed by atoms with Crippen LogP contribution in [0.3, 0.4) is 0 Å². The molecule has 3 rings (SSSR count). The number of H-pyrrole nitrogens is 1. The Bertz CT molecular complexity index is 1360. The van der Waals surface area contributed by atoms with Crippen molar-refractivity contribution in [2.45, 2.75) is 106 Å². The third kappa shape index (κ3) is 10.1. The third-order valence-electron chi connectivity index (χ3n) is 8.67. The van der Waals surface area contributed by atoms with Crippen molar-refractivity contribution in [1.82, 2.24) is 20.6 Å². The smallest absolute Gasteiger partial charge is 0.407 e. The zero-order valence-electron chi connectivity index (χ0n) is 27.0. The average molecular weight is 614 g/mol. The Morgan fingerprint density at radius 2 is 1.66 bits per heavy atom. The summed E-state index contributed by atoms with van der Waals surface area (Å²) < 4.78 is 10.6. The molecule has 1 heterocycles. The number of ether oxygens (including phenoxy) is 2. The van der Waals surface area contributed by atoms with Gasteiger partial charge in [-0.1, -0.05) is 41.5 Å². The lowest BCUT2D eigenvalue weighted by Gasteiger charge is -2.45. The van der Waals surface area contributed by atoms with Gasteiger partial charge in [-0.15, -0.1) is 0 Å². The summed E-state index contributed by atoms with van der Waals surface area (Å²) in [4.78, 5) is 59.4. The number of isocyanates is 1. The van der Waals surface area contributed by atoms with Crippen LogP contribution in [0.2, 0.25) is 0 Å². The van der Waals surface area contributed by atoms with E-state index in [2.05, 4.69) is 72.5 Å². The van der Waals surface area contributed by atoms with E-state index in [1.165, 1.54) is 0 Å². The molecule has 0 radical (unpaired) electrons. The largest absolute Gasteiger partial charge is 0.449 e. The first-order chi connectivity index (χ1) is 20.5.